The van der Waals surface area contributed by atoms with E-state index in [9.17, 15) is 0 Å². The zero-order valence-electron chi connectivity index (χ0n) is 3.49. The van der Waals surface area contributed by atoms with Gasteiger partial charge in [0.1, 0.15) is 0 Å². The predicted octanol–water partition coefficient (Wildman–Crippen LogP) is -3.01. The fraction of sp³-hybridized carbons (Fsp3) is 0. The molecule has 0 spiro atoms. The fourth-order valence-corrected chi connectivity index (χ4v) is 0. The first-order chi connectivity index (χ1) is 1.00. The summed E-state index contributed by atoms with van der Waals surface area (Å²) in [5.41, 5.74) is 0. The van der Waals surface area contributed by atoms with Crippen LogP contribution in [0.5, 0.6) is 0 Å². The third kappa shape index (κ3) is 8.82. The van der Waals surface area contributed by atoms with Crippen molar-refractivity contribution >= 4 is 0 Å². The Morgan fingerprint density at radius 2 is 1.50 bits per heavy atom. The molecule has 17 valence electrons. The van der Waals surface area contributed by atoms with Gasteiger partial charge >= 0.3 is 71.2 Å². The van der Waals surface area contributed by atoms with Crippen LogP contribution >= 0.6 is 0 Å². The van der Waals surface area contributed by atoms with Crippen LogP contribution in [0.3, 0.4) is 0 Å². The molecular weight excluding hydrogens is 175 g/mol. The summed E-state index contributed by atoms with van der Waals surface area (Å²) in [5.74, 6) is 0. The molecule has 0 rings (SSSR count). The predicted molar refractivity (Wildman–Crippen MR) is 1.80 cm³/mol. The van der Waals surface area contributed by atoms with E-state index in [0.717, 1.165) is 0 Å². The van der Waals surface area contributed by atoms with E-state index in [-0.39, 0.29) is 72.3 Å². The minimum absolute atomic E-state index is 0. The first kappa shape index (κ1) is 16.0. The monoisotopic (exact) mass is 175 g/mol. The smallest absolute Gasteiger partial charge is 0 e. The summed E-state index contributed by atoms with van der Waals surface area (Å²) >= 11 is 1.69. The Morgan fingerprint density at radius 3 is 1.50 bits per heavy atom. The van der Waals surface area contributed by atoms with Crippen LogP contribution in [0, 0.1) is 0 Å². The molecular formula is HKMnOZn. The third-order valence-electron chi connectivity index (χ3n) is 0. The van der Waals surface area contributed by atoms with Crippen molar-refractivity contribution < 1.29 is 92.1 Å². The van der Waals surface area contributed by atoms with Crippen molar-refractivity contribution in [3.05, 3.63) is 0 Å². The fourth-order valence-electron chi connectivity index (χ4n) is 0. The molecule has 0 N–H and O–H groups in total. The van der Waals surface area contributed by atoms with Gasteiger partial charge in [-0.2, -0.15) is 0 Å². The van der Waals surface area contributed by atoms with E-state index in [1.807, 2.05) is 0 Å². The van der Waals surface area contributed by atoms with Crippen LogP contribution in [0.1, 0.15) is 1.43 Å². The van der Waals surface area contributed by atoms with Crippen LogP contribution in [0.2, 0.25) is 0 Å². The second-order valence-electron chi connectivity index (χ2n) is 0. The summed E-state index contributed by atoms with van der Waals surface area (Å²) in [6.07, 6.45) is 0. The van der Waals surface area contributed by atoms with Crippen molar-refractivity contribution in [2.75, 3.05) is 0 Å². The second-order valence-corrected chi connectivity index (χ2v) is 0. The molecule has 0 aliphatic carbocycles. The third-order valence-corrected chi connectivity index (χ3v) is 0. The zero-order chi connectivity index (χ0) is 2.00. The van der Waals surface area contributed by atoms with E-state index in [1.54, 1.807) is 15.9 Å². The van der Waals surface area contributed by atoms with Gasteiger partial charge in [0.05, 0.1) is 0 Å². The van der Waals surface area contributed by atoms with Gasteiger partial charge in [0.25, 0.3) is 0 Å². The Bertz CT molecular complexity index is 11.6. The minimum atomic E-state index is 0. The average Bonchev–Trinajstić information content (AvgIpc) is 1.00. The van der Waals surface area contributed by atoms with Crippen molar-refractivity contribution in [3.8, 4) is 0 Å². The SMILES string of the molecule is [H-].[K+].[O]=[Mn].[Zn]. The van der Waals surface area contributed by atoms with Gasteiger partial charge in [-0.05, 0) is 0 Å². The quantitative estimate of drug-likeness (QED) is 0.360. The molecule has 0 saturated carbocycles. The molecule has 0 aliphatic rings. The van der Waals surface area contributed by atoms with Gasteiger partial charge in [-0.15, -0.1) is 0 Å². The van der Waals surface area contributed by atoms with Crippen molar-refractivity contribution in [1.82, 2.24) is 0 Å². The molecule has 0 aromatic heterocycles. The summed E-state index contributed by atoms with van der Waals surface area (Å²) in [6.45, 7) is 0. The van der Waals surface area contributed by atoms with Crippen LogP contribution in [0.15, 0.2) is 0 Å². The number of hydrogen-bond acceptors (Lipinski definition) is 1. The Morgan fingerprint density at radius 1 is 1.50 bits per heavy atom. The van der Waals surface area contributed by atoms with E-state index in [2.05, 4.69) is 0 Å². The van der Waals surface area contributed by atoms with E-state index < -0.39 is 0 Å². The van der Waals surface area contributed by atoms with Crippen LogP contribution in [0.4, 0.5) is 0 Å². The van der Waals surface area contributed by atoms with E-state index in [0.29, 0.717) is 0 Å². The van der Waals surface area contributed by atoms with Crippen LogP contribution in [0.25, 0.3) is 0 Å². The zero-order valence-corrected chi connectivity index (χ0v) is 9.76. The molecule has 0 fully saturated rings. The topological polar surface area (TPSA) is 17.1 Å². The molecule has 0 saturated heterocycles. The van der Waals surface area contributed by atoms with Gasteiger partial charge in [0.2, 0.25) is 0 Å². The van der Waals surface area contributed by atoms with Gasteiger partial charge in [-0.25, -0.2) is 0 Å². The minimum Gasteiger partial charge on any atom is 0 e. The second kappa shape index (κ2) is 17.6. The van der Waals surface area contributed by atoms with Crippen molar-refractivity contribution in [2.45, 2.75) is 0 Å². The molecule has 1 nitrogen and oxygen atoms in total. The molecule has 4 heteroatoms. The Balaban J connectivity index is -0.00000000167. The van der Waals surface area contributed by atoms with Crippen molar-refractivity contribution in [1.29, 1.82) is 0 Å². The molecule has 0 radical (unpaired) electrons. The first-order valence-electron chi connectivity index (χ1n) is 0.154. The molecule has 4 heavy (non-hydrogen) atoms. The van der Waals surface area contributed by atoms with Crippen LogP contribution in [-0.2, 0) is 39.3 Å². The summed E-state index contributed by atoms with van der Waals surface area (Å²) in [7, 11) is 0. The van der Waals surface area contributed by atoms with Gasteiger partial charge < -0.3 is 1.43 Å². The van der Waals surface area contributed by atoms with Gasteiger partial charge in [0.15, 0.2) is 0 Å². The Hall–Kier alpha value is 2.58. The normalized spacial score (nSPS) is 1.00. The first-order valence-corrected chi connectivity index (χ1v) is 0.636. The Kier molecular flexibility index (Phi) is 70.3. The molecule has 0 unspecified atom stereocenters. The number of rotatable bonds is 0. The molecule has 0 aromatic rings. The van der Waals surface area contributed by atoms with E-state index in [4.69, 9.17) is 3.83 Å². The van der Waals surface area contributed by atoms with Crippen LogP contribution in [-0.4, -0.2) is 0 Å². The van der Waals surface area contributed by atoms with Crippen molar-refractivity contribution in [3.63, 3.8) is 0 Å². The number of hydrogen-bond donors (Lipinski definition) is 0. The summed E-state index contributed by atoms with van der Waals surface area (Å²) in [4.78, 5) is 0. The van der Waals surface area contributed by atoms with E-state index in [1.165, 1.54) is 0 Å². The molecule has 0 aliphatic heterocycles. The molecule has 0 bridgehead atoms. The van der Waals surface area contributed by atoms with Gasteiger partial charge in [0, 0.05) is 19.5 Å². The maximum absolute atomic E-state index is 8.06. The van der Waals surface area contributed by atoms with Crippen molar-refractivity contribution in [2.24, 2.45) is 0 Å². The Labute approximate surface area is 90.0 Å². The summed E-state index contributed by atoms with van der Waals surface area (Å²) < 4.78 is 8.06. The van der Waals surface area contributed by atoms with Gasteiger partial charge in [-0.1, -0.05) is 0 Å². The maximum atomic E-state index is 8.06. The van der Waals surface area contributed by atoms with E-state index >= 15 is 0 Å². The summed E-state index contributed by atoms with van der Waals surface area (Å²) in [6, 6.07) is 0. The van der Waals surface area contributed by atoms with Crippen LogP contribution < -0.4 is 51.4 Å². The molecule has 0 aromatic carbocycles. The average molecular weight is 176 g/mol. The summed E-state index contributed by atoms with van der Waals surface area (Å²) in [5, 5.41) is 0. The standard InChI is InChI=1S/K.Mn.O.Zn.H/q+1;;;;-1. The largest absolute Gasteiger partial charge is 0 e. The maximum Gasteiger partial charge on any atom is 0 e. The molecule has 0 amide bonds. The van der Waals surface area contributed by atoms with Gasteiger partial charge in [-0.3, -0.25) is 0 Å². The molecule has 0 atom stereocenters. The molecule has 0 heterocycles.